The summed E-state index contributed by atoms with van der Waals surface area (Å²) in [7, 11) is 0. The number of benzene rings is 1. The molecule has 0 unspecified atom stereocenters. The van der Waals surface area contributed by atoms with Crippen LogP contribution in [0.2, 0.25) is 0 Å². The van der Waals surface area contributed by atoms with Crippen LogP contribution in [-0.2, 0) is 4.79 Å². The normalized spacial score (nSPS) is 11.0. The topological polar surface area (TPSA) is 123 Å². The van der Waals surface area contributed by atoms with Crippen molar-refractivity contribution in [3.63, 3.8) is 0 Å². The van der Waals surface area contributed by atoms with Gasteiger partial charge >= 0.3 is 0 Å². The molecule has 22 heavy (non-hydrogen) atoms. The number of primary amides is 1. The molecule has 0 bridgehead atoms. The van der Waals surface area contributed by atoms with Gasteiger partial charge in [0.05, 0.1) is 4.92 Å². The van der Waals surface area contributed by atoms with E-state index >= 15 is 0 Å². The summed E-state index contributed by atoms with van der Waals surface area (Å²) in [6.07, 6.45) is 1.23. The van der Waals surface area contributed by atoms with Crippen molar-refractivity contribution in [3.8, 4) is 17.4 Å². The van der Waals surface area contributed by atoms with E-state index in [2.05, 4.69) is 15.9 Å². The van der Waals surface area contributed by atoms with Crippen molar-refractivity contribution in [3.05, 3.63) is 56.3 Å². The van der Waals surface area contributed by atoms with E-state index in [-0.39, 0.29) is 17.0 Å². The summed E-state index contributed by atoms with van der Waals surface area (Å²) < 4.78 is 5.99. The van der Waals surface area contributed by atoms with E-state index in [4.69, 9.17) is 15.4 Å². The number of amides is 1. The molecule has 110 valence electrons. The monoisotopic (exact) mass is 361 g/mol. The lowest BCUT2D eigenvalue weighted by Gasteiger charge is -2.00. The SMILES string of the molecule is N#C/C(=C\c1ccc(-c2ccc([N+](=O)[O-])cc2Br)o1)C(N)=O. The van der Waals surface area contributed by atoms with Gasteiger partial charge in [-0.05, 0) is 34.1 Å². The fourth-order valence-corrected chi connectivity index (χ4v) is 2.26. The minimum atomic E-state index is -0.850. The molecule has 0 aliphatic rings. The molecular weight excluding hydrogens is 354 g/mol. The first kappa shape index (κ1) is 15.5. The van der Waals surface area contributed by atoms with Gasteiger partial charge in [0.2, 0.25) is 0 Å². The highest BCUT2D eigenvalue weighted by Crippen LogP contribution is 2.32. The highest BCUT2D eigenvalue weighted by molar-refractivity contribution is 9.10. The van der Waals surface area contributed by atoms with E-state index in [0.717, 1.165) is 0 Å². The molecule has 7 nitrogen and oxygen atoms in total. The maximum Gasteiger partial charge on any atom is 0.270 e. The molecule has 0 spiro atoms. The number of carbonyl (C=O) groups is 1. The second-order valence-corrected chi connectivity index (χ2v) is 5.01. The largest absolute Gasteiger partial charge is 0.457 e. The average molecular weight is 362 g/mol. The number of carbonyl (C=O) groups excluding carboxylic acids is 1. The number of hydrogen-bond donors (Lipinski definition) is 1. The second-order valence-electron chi connectivity index (χ2n) is 4.16. The molecule has 2 rings (SSSR count). The highest BCUT2D eigenvalue weighted by atomic mass is 79.9. The molecule has 0 aliphatic heterocycles. The molecule has 8 heteroatoms. The molecule has 2 N–H and O–H groups in total. The highest BCUT2D eigenvalue weighted by Gasteiger charge is 2.13. The van der Waals surface area contributed by atoms with Crippen molar-refractivity contribution in [2.24, 2.45) is 5.73 Å². The van der Waals surface area contributed by atoms with E-state index < -0.39 is 10.8 Å². The van der Waals surface area contributed by atoms with Gasteiger partial charge in [0, 0.05) is 28.2 Å². The fourth-order valence-electron chi connectivity index (χ4n) is 1.69. The van der Waals surface area contributed by atoms with Crippen molar-refractivity contribution >= 4 is 33.6 Å². The number of halogens is 1. The molecule has 0 radical (unpaired) electrons. The lowest BCUT2D eigenvalue weighted by molar-refractivity contribution is -0.384. The van der Waals surface area contributed by atoms with Gasteiger partial charge in [-0.2, -0.15) is 5.26 Å². The number of nitrogens with zero attached hydrogens (tertiary/aromatic N) is 2. The maximum absolute atomic E-state index is 11.0. The van der Waals surface area contributed by atoms with Gasteiger partial charge in [0.25, 0.3) is 11.6 Å². The second kappa shape index (κ2) is 6.24. The molecule has 2 aromatic rings. The van der Waals surface area contributed by atoms with Gasteiger partial charge in [-0.1, -0.05) is 0 Å². The number of nitrogens with two attached hydrogens (primary N) is 1. The van der Waals surface area contributed by atoms with Gasteiger partial charge in [0.1, 0.15) is 23.2 Å². The van der Waals surface area contributed by atoms with E-state index in [1.54, 1.807) is 18.2 Å². The van der Waals surface area contributed by atoms with Crippen molar-refractivity contribution in [1.29, 1.82) is 5.26 Å². The standard InChI is InChI=1S/C14H8BrN3O4/c15-12-6-9(18(20)21)1-3-11(12)13-4-2-10(22-13)5-8(7-16)14(17)19/h1-6H,(H2,17,19)/b8-5+. The first-order valence-corrected chi connectivity index (χ1v) is 6.67. The zero-order valence-electron chi connectivity index (χ0n) is 10.9. The van der Waals surface area contributed by atoms with Crippen LogP contribution in [0.1, 0.15) is 5.76 Å². The predicted molar refractivity (Wildman–Crippen MR) is 81.3 cm³/mol. The first-order chi connectivity index (χ1) is 10.4. The van der Waals surface area contributed by atoms with Crippen LogP contribution < -0.4 is 5.73 Å². The Kier molecular flexibility index (Phi) is 4.39. The van der Waals surface area contributed by atoms with E-state index in [0.29, 0.717) is 15.8 Å². The predicted octanol–water partition coefficient (Wildman–Crippen LogP) is 3.01. The van der Waals surface area contributed by atoms with Crippen LogP contribution in [0.25, 0.3) is 17.4 Å². The summed E-state index contributed by atoms with van der Waals surface area (Å²) >= 11 is 3.24. The third-order valence-corrected chi connectivity index (χ3v) is 3.38. The lowest BCUT2D eigenvalue weighted by Crippen LogP contribution is -2.12. The molecule has 1 aromatic carbocycles. The molecule has 0 atom stereocenters. The molecule has 0 saturated carbocycles. The summed E-state index contributed by atoms with van der Waals surface area (Å²) in [5, 5.41) is 19.5. The van der Waals surface area contributed by atoms with Crippen molar-refractivity contribution in [1.82, 2.24) is 0 Å². The van der Waals surface area contributed by atoms with Crippen LogP contribution in [0.15, 0.2) is 44.8 Å². The quantitative estimate of drug-likeness (QED) is 0.388. The van der Waals surface area contributed by atoms with Crippen LogP contribution in [0.5, 0.6) is 0 Å². The molecule has 0 saturated heterocycles. The fraction of sp³-hybridized carbons (Fsp3) is 0. The number of furan rings is 1. The van der Waals surface area contributed by atoms with Crippen LogP contribution in [0, 0.1) is 21.4 Å². The summed E-state index contributed by atoms with van der Waals surface area (Å²) in [5.74, 6) is -0.151. The van der Waals surface area contributed by atoms with Gasteiger partial charge in [-0.25, -0.2) is 0 Å². The number of hydrogen-bond acceptors (Lipinski definition) is 5. The Morgan fingerprint density at radius 2 is 2.14 bits per heavy atom. The number of nitro groups is 1. The molecule has 0 aliphatic carbocycles. The molecular formula is C14H8BrN3O4. The number of rotatable bonds is 4. The molecule has 0 fully saturated rings. The summed E-state index contributed by atoms with van der Waals surface area (Å²) in [6, 6.07) is 9.09. The third kappa shape index (κ3) is 3.21. The van der Waals surface area contributed by atoms with Crippen LogP contribution in [0.3, 0.4) is 0 Å². The Hall–Kier alpha value is -2.92. The third-order valence-electron chi connectivity index (χ3n) is 2.73. The van der Waals surface area contributed by atoms with E-state index in [9.17, 15) is 14.9 Å². The van der Waals surface area contributed by atoms with Crippen molar-refractivity contribution in [2.75, 3.05) is 0 Å². The Morgan fingerprint density at radius 3 is 2.68 bits per heavy atom. The summed E-state index contributed by atoms with van der Waals surface area (Å²) in [6.45, 7) is 0. The van der Waals surface area contributed by atoms with Gasteiger partial charge in [0.15, 0.2) is 0 Å². The molecule has 1 aromatic heterocycles. The summed E-state index contributed by atoms with van der Waals surface area (Å²) in [5.41, 5.74) is 5.35. The number of non-ortho nitro benzene ring substituents is 1. The molecule has 1 amide bonds. The van der Waals surface area contributed by atoms with Crippen molar-refractivity contribution < 1.29 is 14.1 Å². The Labute approximate surface area is 132 Å². The van der Waals surface area contributed by atoms with Crippen molar-refractivity contribution in [2.45, 2.75) is 0 Å². The van der Waals surface area contributed by atoms with Gasteiger partial charge in [-0.3, -0.25) is 14.9 Å². The van der Waals surface area contributed by atoms with E-state index in [1.807, 2.05) is 0 Å². The van der Waals surface area contributed by atoms with Crippen LogP contribution in [-0.4, -0.2) is 10.8 Å². The number of nitriles is 1. The first-order valence-electron chi connectivity index (χ1n) is 5.88. The minimum absolute atomic E-state index is 0.0530. The van der Waals surface area contributed by atoms with Gasteiger partial charge < -0.3 is 10.2 Å². The minimum Gasteiger partial charge on any atom is -0.457 e. The maximum atomic E-state index is 11.0. The Bertz CT molecular complexity index is 833. The number of nitro benzene ring substituents is 1. The molecule has 1 heterocycles. The average Bonchev–Trinajstić information content (AvgIpc) is 2.92. The van der Waals surface area contributed by atoms with Crippen LogP contribution >= 0.6 is 15.9 Å². The zero-order chi connectivity index (χ0) is 16.3. The van der Waals surface area contributed by atoms with Gasteiger partial charge in [-0.15, -0.1) is 0 Å². The smallest absolute Gasteiger partial charge is 0.270 e. The zero-order valence-corrected chi connectivity index (χ0v) is 12.5. The summed E-state index contributed by atoms with van der Waals surface area (Å²) in [4.78, 5) is 21.2. The van der Waals surface area contributed by atoms with E-state index in [1.165, 1.54) is 24.3 Å². The Balaban J connectivity index is 2.39. The lowest BCUT2D eigenvalue weighted by atomic mass is 10.1. The van der Waals surface area contributed by atoms with Crippen LogP contribution in [0.4, 0.5) is 5.69 Å². The Morgan fingerprint density at radius 1 is 1.41 bits per heavy atom.